The average molecular weight is 623 g/mol. The number of alkyl halides is 2. The van der Waals surface area contributed by atoms with Crippen molar-refractivity contribution in [2.75, 3.05) is 14.2 Å². The molecule has 2 amide bonds. The second kappa shape index (κ2) is 12.0. The number of benzene rings is 1. The smallest absolute Gasteiger partial charge is 0.257 e. The minimum atomic E-state index is -3.01. The van der Waals surface area contributed by atoms with Crippen LogP contribution in [0.3, 0.4) is 0 Å². The summed E-state index contributed by atoms with van der Waals surface area (Å²) >= 11 is 0. The van der Waals surface area contributed by atoms with Crippen LogP contribution in [0, 0.1) is 5.82 Å². The normalized spacial score (nSPS) is 11.9. The van der Waals surface area contributed by atoms with E-state index in [0.29, 0.717) is 16.7 Å². The number of fused-ring (bicyclic) bond motifs is 1. The van der Waals surface area contributed by atoms with Gasteiger partial charge in [-0.15, -0.1) is 0 Å². The summed E-state index contributed by atoms with van der Waals surface area (Å²) in [4.78, 5) is 39.5. The van der Waals surface area contributed by atoms with Crippen LogP contribution in [0.25, 0.3) is 33.6 Å². The Bertz CT molecular complexity index is 1870. The molecule has 2 N–H and O–H groups in total. The van der Waals surface area contributed by atoms with E-state index in [9.17, 15) is 22.8 Å². The molecule has 0 radical (unpaired) electrons. The zero-order valence-electron chi connectivity index (χ0n) is 25.0. The van der Waals surface area contributed by atoms with E-state index in [2.05, 4.69) is 30.7 Å². The molecule has 0 aliphatic rings. The first-order valence-electron chi connectivity index (χ1n) is 13.8. The van der Waals surface area contributed by atoms with Crippen LogP contribution in [0.2, 0.25) is 0 Å². The van der Waals surface area contributed by atoms with Gasteiger partial charge in [0.2, 0.25) is 23.9 Å². The third kappa shape index (κ3) is 6.49. The van der Waals surface area contributed by atoms with Crippen molar-refractivity contribution in [3.8, 4) is 28.3 Å². The standard InChI is InChI=1S/C31H29F3N6O5/c1-30(2,29-37-15-44-40-29)39-25(41)21-12-17(14-36-27(21)43-5)19-13-20-23(26(42)35-4)24(16-6-8-18(32)9-7-16)45-28(20)38-22(19)10-11-31(3,33)34/h6-9,12-15H,10-11H2,1-5H3,(H,35,42)(H,39,41). The lowest BCUT2D eigenvalue weighted by Crippen LogP contribution is -2.42. The highest BCUT2D eigenvalue weighted by atomic mass is 19.3. The summed E-state index contributed by atoms with van der Waals surface area (Å²) in [6, 6.07) is 8.42. The number of aromatic nitrogens is 4. The Morgan fingerprint density at radius 1 is 1.02 bits per heavy atom. The topological polar surface area (TPSA) is 145 Å². The fraction of sp³-hybridized carbons (Fsp3) is 0.290. The molecule has 0 fully saturated rings. The predicted octanol–water partition coefficient (Wildman–Crippen LogP) is 5.70. The van der Waals surface area contributed by atoms with E-state index in [0.717, 1.165) is 13.3 Å². The molecule has 5 rings (SSSR count). The van der Waals surface area contributed by atoms with Crippen molar-refractivity contribution in [1.29, 1.82) is 0 Å². The highest BCUT2D eigenvalue weighted by Crippen LogP contribution is 2.38. The molecule has 0 unspecified atom stereocenters. The number of ether oxygens (including phenoxy) is 1. The number of nitrogens with one attached hydrogen (secondary N) is 2. The molecule has 0 spiro atoms. The number of carbonyl (C=O) groups is 2. The van der Waals surface area contributed by atoms with E-state index in [1.165, 1.54) is 50.7 Å². The van der Waals surface area contributed by atoms with E-state index < -0.39 is 35.5 Å². The van der Waals surface area contributed by atoms with Crippen molar-refractivity contribution in [2.24, 2.45) is 0 Å². The summed E-state index contributed by atoms with van der Waals surface area (Å²) in [6.07, 6.45) is 1.84. The summed E-state index contributed by atoms with van der Waals surface area (Å²) in [7, 11) is 2.79. The van der Waals surface area contributed by atoms with Crippen molar-refractivity contribution in [2.45, 2.75) is 45.1 Å². The summed E-state index contributed by atoms with van der Waals surface area (Å²) in [5.41, 5.74) is 0.430. The van der Waals surface area contributed by atoms with Gasteiger partial charge in [-0.05, 0) is 63.6 Å². The van der Waals surface area contributed by atoms with Gasteiger partial charge in [-0.3, -0.25) is 9.59 Å². The number of furan rings is 1. The lowest BCUT2D eigenvalue weighted by atomic mass is 9.97. The second-order valence-corrected chi connectivity index (χ2v) is 10.9. The number of pyridine rings is 2. The van der Waals surface area contributed by atoms with Crippen LogP contribution < -0.4 is 15.4 Å². The highest BCUT2D eigenvalue weighted by Gasteiger charge is 2.31. The Balaban J connectivity index is 1.68. The molecule has 0 bridgehead atoms. The number of rotatable bonds is 10. The van der Waals surface area contributed by atoms with Gasteiger partial charge in [0.1, 0.15) is 17.1 Å². The van der Waals surface area contributed by atoms with Gasteiger partial charge in [-0.2, -0.15) is 4.98 Å². The molecular weight excluding hydrogens is 593 g/mol. The molecule has 0 aliphatic carbocycles. The first kappa shape index (κ1) is 31.2. The molecule has 11 nitrogen and oxygen atoms in total. The average Bonchev–Trinajstić information content (AvgIpc) is 3.68. The minimum Gasteiger partial charge on any atom is -0.480 e. The molecule has 5 aromatic rings. The van der Waals surface area contributed by atoms with Crippen LogP contribution >= 0.6 is 0 Å². The van der Waals surface area contributed by atoms with E-state index in [4.69, 9.17) is 13.7 Å². The molecule has 0 saturated heterocycles. The number of nitrogens with zero attached hydrogens (tertiary/aromatic N) is 4. The summed E-state index contributed by atoms with van der Waals surface area (Å²) in [6.45, 7) is 4.16. The van der Waals surface area contributed by atoms with Crippen molar-refractivity contribution < 1.29 is 36.4 Å². The van der Waals surface area contributed by atoms with Gasteiger partial charge < -0.3 is 24.3 Å². The number of hydrogen-bond acceptors (Lipinski definition) is 9. The number of amides is 2. The Labute approximate surface area is 255 Å². The van der Waals surface area contributed by atoms with Crippen LogP contribution in [0.5, 0.6) is 5.88 Å². The molecule has 14 heteroatoms. The monoisotopic (exact) mass is 622 g/mol. The number of aryl methyl sites for hydroxylation is 1. The fourth-order valence-corrected chi connectivity index (χ4v) is 4.77. The van der Waals surface area contributed by atoms with Crippen LogP contribution in [0.15, 0.2) is 57.9 Å². The van der Waals surface area contributed by atoms with Gasteiger partial charge in [-0.25, -0.2) is 23.1 Å². The SMILES string of the molecule is CNC(=O)c1c(-c2ccc(F)cc2)oc2nc(CCC(C)(F)F)c(-c3cnc(OC)c(C(=O)NC(C)(C)c4ncon4)c3)cc12. The molecule has 234 valence electrons. The van der Waals surface area contributed by atoms with Crippen LogP contribution in [0.1, 0.15) is 59.4 Å². The number of halogens is 3. The Kier molecular flexibility index (Phi) is 8.32. The summed E-state index contributed by atoms with van der Waals surface area (Å²) < 4.78 is 57.9. The van der Waals surface area contributed by atoms with Crippen LogP contribution in [-0.4, -0.2) is 52.0 Å². The molecule has 0 aliphatic heterocycles. The molecule has 4 heterocycles. The van der Waals surface area contributed by atoms with E-state index in [1.54, 1.807) is 19.9 Å². The lowest BCUT2D eigenvalue weighted by molar-refractivity contribution is 0.0131. The number of hydrogen-bond donors (Lipinski definition) is 2. The van der Waals surface area contributed by atoms with Gasteiger partial charge in [-0.1, -0.05) is 5.16 Å². The van der Waals surface area contributed by atoms with Crippen molar-refractivity contribution in [3.05, 3.63) is 77.5 Å². The zero-order valence-corrected chi connectivity index (χ0v) is 25.0. The third-order valence-electron chi connectivity index (χ3n) is 7.07. The van der Waals surface area contributed by atoms with Crippen LogP contribution in [0.4, 0.5) is 13.2 Å². The van der Waals surface area contributed by atoms with Crippen molar-refractivity contribution >= 4 is 22.9 Å². The third-order valence-corrected chi connectivity index (χ3v) is 7.07. The minimum absolute atomic E-state index is 0.00352. The maximum absolute atomic E-state index is 14.0. The maximum Gasteiger partial charge on any atom is 0.257 e. The Morgan fingerprint density at radius 3 is 2.38 bits per heavy atom. The Morgan fingerprint density at radius 2 is 1.76 bits per heavy atom. The first-order valence-corrected chi connectivity index (χ1v) is 13.8. The summed E-state index contributed by atoms with van der Waals surface area (Å²) in [5.74, 6) is -4.22. The Hall–Kier alpha value is -5.27. The quantitative estimate of drug-likeness (QED) is 0.200. The highest BCUT2D eigenvalue weighted by molar-refractivity contribution is 6.11. The van der Waals surface area contributed by atoms with Crippen molar-refractivity contribution in [1.82, 2.24) is 30.7 Å². The summed E-state index contributed by atoms with van der Waals surface area (Å²) in [5, 5.41) is 9.47. The van der Waals surface area contributed by atoms with E-state index in [1.807, 2.05) is 0 Å². The molecule has 4 aromatic heterocycles. The lowest BCUT2D eigenvalue weighted by Gasteiger charge is -2.23. The first-order chi connectivity index (χ1) is 21.3. The largest absolute Gasteiger partial charge is 0.480 e. The molecule has 1 aromatic carbocycles. The molecule has 45 heavy (non-hydrogen) atoms. The number of carbonyl (C=O) groups excluding carboxylic acids is 2. The maximum atomic E-state index is 14.0. The molecule has 0 atom stereocenters. The van der Waals surface area contributed by atoms with Gasteiger partial charge in [0.25, 0.3) is 11.8 Å². The number of methoxy groups -OCH3 is 1. The molecular formula is C31H29F3N6O5. The van der Waals surface area contributed by atoms with Crippen LogP contribution in [-0.2, 0) is 12.0 Å². The molecule has 0 saturated carbocycles. The fourth-order valence-electron chi connectivity index (χ4n) is 4.77. The second-order valence-electron chi connectivity index (χ2n) is 10.9. The van der Waals surface area contributed by atoms with Gasteiger partial charge in [0.05, 0.1) is 29.3 Å². The van der Waals surface area contributed by atoms with Gasteiger partial charge >= 0.3 is 0 Å². The van der Waals surface area contributed by atoms with E-state index >= 15 is 0 Å². The van der Waals surface area contributed by atoms with Gasteiger partial charge in [0, 0.05) is 36.4 Å². The zero-order chi connectivity index (χ0) is 32.5. The van der Waals surface area contributed by atoms with Gasteiger partial charge in [0.15, 0.2) is 5.82 Å². The van der Waals surface area contributed by atoms with Crippen molar-refractivity contribution in [3.63, 3.8) is 0 Å². The van der Waals surface area contributed by atoms with E-state index in [-0.39, 0.29) is 51.8 Å². The predicted molar refractivity (Wildman–Crippen MR) is 156 cm³/mol.